The quantitative estimate of drug-likeness (QED) is 0.565. The third-order valence-electron chi connectivity index (χ3n) is 4.23. The minimum absolute atomic E-state index is 0.578. The molecule has 6 heteroatoms. The van der Waals surface area contributed by atoms with Crippen LogP contribution in [0.4, 0.5) is 0 Å². The maximum Gasteiger partial charge on any atom is 0.191 e. The van der Waals surface area contributed by atoms with E-state index in [1.54, 1.807) is 11.3 Å². The second kappa shape index (κ2) is 9.88. The summed E-state index contributed by atoms with van der Waals surface area (Å²) in [4.78, 5) is 13.1. The van der Waals surface area contributed by atoms with Gasteiger partial charge in [0.25, 0.3) is 0 Å². The summed E-state index contributed by atoms with van der Waals surface area (Å²) < 4.78 is 0. The first-order valence-corrected chi connectivity index (χ1v) is 9.72. The number of thiazole rings is 1. The Balaban J connectivity index is 1.80. The van der Waals surface area contributed by atoms with E-state index in [9.17, 15) is 0 Å². The minimum Gasteiger partial charge on any atom is -0.357 e. The standard InChI is InChI=1S/C17H31N5S/c1-4-15(22-10-6-7-11-22)13-21-17(18-5-2)19-9-8-16-20-12-14(3)23-16/h12,15H,4-11,13H2,1-3H3,(H2,18,19,21). The highest BCUT2D eigenvalue weighted by molar-refractivity contribution is 7.11. The number of nitrogens with one attached hydrogen (secondary N) is 2. The van der Waals surface area contributed by atoms with E-state index in [0.717, 1.165) is 32.0 Å². The van der Waals surface area contributed by atoms with E-state index >= 15 is 0 Å². The predicted octanol–water partition coefficient (Wildman–Crippen LogP) is 2.42. The van der Waals surface area contributed by atoms with E-state index in [-0.39, 0.29) is 0 Å². The van der Waals surface area contributed by atoms with E-state index in [4.69, 9.17) is 4.99 Å². The molecule has 0 amide bonds. The SMILES string of the molecule is CCNC(=NCC(CC)N1CCCC1)NCCc1ncc(C)s1. The first-order valence-electron chi connectivity index (χ1n) is 8.90. The summed E-state index contributed by atoms with van der Waals surface area (Å²) in [5, 5.41) is 7.97. The van der Waals surface area contributed by atoms with Crippen molar-refractivity contribution < 1.29 is 0 Å². The monoisotopic (exact) mass is 337 g/mol. The van der Waals surface area contributed by atoms with Crippen molar-refractivity contribution in [2.45, 2.75) is 52.5 Å². The van der Waals surface area contributed by atoms with E-state index in [2.05, 4.69) is 41.3 Å². The maximum atomic E-state index is 4.80. The van der Waals surface area contributed by atoms with Gasteiger partial charge in [0.15, 0.2) is 5.96 Å². The summed E-state index contributed by atoms with van der Waals surface area (Å²) in [6, 6.07) is 0.578. The predicted molar refractivity (Wildman–Crippen MR) is 99.4 cm³/mol. The summed E-state index contributed by atoms with van der Waals surface area (Å²) in [5.41, 5.74) is 0. The van der Waals surface area contributed by atoms with Gasteiger partial charge in [-0.3, -0.25) is 9.89 Å². The number of likely N-dealkylation sites (tertiary alicyclic amines) is 1. The van der Waals surface area contributed by atoms with Gasteiger partial charge in [-0.05, 0) is 46.2 Å². The molecule has 0 radical (unpaired) electrons. The van der Waals surface area contributed by atoms with Gasteiger partial charge in [-0.2, -0.15) is 0 Å². The van der Waals surface area contributed by atoms with Gasteiger partial charge in [-0.15, -0.1) is 11.3 Å². The summed E-state index contributed by atoms with van der Waals surface area (Å²) in [5.74, 6) is 0.929. The molecular formula is C17H31N5S. The lowest BCUT2D eigenvalue weighted by Gasteiger charge is -2.25. The highest BCUT2D eigenvalue weighted by Gasteiger charge is 2.20. The van der Waals surface area contributed by atoms with Crippen LogP contribution in [0.3, 0.4) is 0 Å². The molecule has 1 unspecified atom stereocenters. The third-order valence-corrected chi connectivity index (χ3v) is 5.21. The Morgan fingerprint density at radius 3 is 2.74 bits per heavy atom. The Morgan fingerprint density at radius 2 is 2.13 bits per heavy atom. The minimum atomic E-state index is 0.578. The fourth-order valence-corrected chi connectivity index (χ4v) is 3.74. The number of guanidine groups is 1. The number of hydrogen-bond donors (Lipinski definition) is 2. The average molecular weight is 338 g/mol. The second-order valence-corrected chi connectivity index (χ2v) is 7.39. The zero-order valence-corrected chi connectivity index (χ0v) is 15.6. The van der Waals surface area contributed by atoms with Crippen molar-refractivity contribution in [1.82, 2.24) is 20.5 Å². The largest absolute Gasteiger partial charge is 0.357 e. The average Bonchev–Trinajstić information content (AvgIpc) is 3.20. The van der Waals surface area contributed by atoms with Gasteiger partial charge < -0.3 is 10.6 Å². The molecule has 1 aliphatic rings. The molecule has 130 valence electrons. The molecule has 5 nitrogen and oxygen atoms in total. The van der Waals surface area contributed by atoms with Gasteiger partial charge in [0.2, 0.25) is 0 Å². The summed E-state index contributed by atoms with van der Waals surface area (Å²) in [6.45, 7) is 11.6. The van der Waals surface area contributed by atoms with Gasteiger partial charge in [0.1, 0.15) is 0 Å². The van der Waals surface area contributed by atoms with Gasteiger partial charge in [-0.25, -0.2) is 4.98 Å². The topological polar surface area (TPSA) is 52.6 Å². The van der Waals surface area contributed by atoms with Crippen molar-refractivity contribution in [3.8, 4) is 0 Å². The van der Waals surface area contributed by atoms with Crippen molar-refractivity contribution in [3.63, 3.8) is 0 Å². The fraction of sp³-hybridized carbons (Fsp3) is 0.765. The summed E-state index contributed by atoms with van der Waals surface area (Å²) >= 11 is 1.77. The van der Waals surface area contributed by atoms with Gasteiger partial charge in [0, 0.05) is 36.6 Å². The molecule has 1 saturated heterocycles. The molecule has 0 bridgehead atoms. The van der Waals surface area contributed by atoms with Gasteiger partial charge in [0.05, 0.1) is 11.6 Å². The molecule has 0 aliphatic carbocycles. The number of aliphatic imine (C=N–C) groups is 1. The lowest BCUT2D eigenvalue weighted by molar-refractivity contribution is 0.242. The molecule has 23 heavy (non-hydrogen) atoms. The zero-order chi connectivity index (χ0) is 16.5. The lowest BCUT2D eigenvalue weighted by atomic mass is 10.2. The number of aryl methyl sites for hydroxylation is 1. The zero-order valence-electron chi connectivity index (χ0n) is 14.8. The normalized spacial score (nSPS) is 17.4. The van der Waals surface area contributed by atoms with Crippen LogP contribution in [0.25, 0.3) is 0 Å². The van der Waals surface area contributed by atoms with Crippen LogP contribution in [0, 0.1) is 6.92 Å². The molecule has 2 heterocycles. The molecule has 1 fully saturated rings. The third kappa shape index (κ3) is 6.11. The second-order valence-electron chi connectivity index (χ2n) is 6.07. The Hall–Kier alpha value is -1.14. The lowest BCUT2D eigenvalue weighted by Crippen LogP contribution is -2.40. The number of aromatic nitrogens is 1. The van der Waals surface area contributed by atoms with Crippen LogP contribution in [0.2, 0.25) is 0 Å². The Labute approximate surface area is 144 Å². The van der Waals surface area contributed by atoms with Crippen LogP contribution in [-0.4, -0.2) is 54.6 Å². The molecule has 1 atom stereocenters. The molecule has 1 aromatic heterocycles. The Bertz CT molecular complexity index is 479. The highest BCUT2D eigenvalue weighted by Crippen LogP contribution is 2.14. The van der Waals surface area contributed by atoms with E-state index in [1.165, 1.54) is 42.2 Å². The maximum absolute atomic E-state index is 4.80. The molecular weight excluding hydrogens is 306 g/mol. The van der Waals surface area contributed by atoms with Crippen LogP contribution in [0.15, 0.2) is 11.2 Å². The molecule has 2 N–H and O–H groups in total. The van der Waals surface area contributed by atoms with E-state index < -0.39 is 0 Å². The van der Waals surface area contributed by atoms with E-state index in [0.29, 0.717) is 6.04 Å². The molecule has 2 rings (SSSR count). The summed E-state index contributed by atoms with van der Waals surface area (Å²) in [7, 11) is 0. The first-order chi connectivity index (χ1) is 11.2. The smallest absolute Gasteiger partial charge is 0.191 e. The van der Waals surface area contributed by atoms with Crippen molar-refractivity contribution in [2.24, 2.45) is 4.99 Å². The molecule has 1 aliphatic heterocycles. The van der Waals surface area contributed by atoms with Crippen molar-refractivity contribution in [2.75, 3.05) is 32.7 Å². The van der Waals surface area contributed by atoms with Crippen LogP contribution >= 0.6 is 11.3 Å². The van der Waals surface area contributed by atoms with Gasteiger partial charge in [-0.1, -0.05) is 6.92 Å². The van der Waals surface area contributed by atoms with Crippen molar-refractivity contribution >= 4 is 17.3 Å². The number of rotatable bonds is 8. The van der Waals surface area contributed by atoms with Crippen LogP contribution in [0.1, 0.15) is 43.0 Å². The molecule has 0 aromatic carbocycles. The van der Waals surface area contributed by atoms with E-state index in [1.807, 2.05) is 6.20 Å². The van der Waals surface area contributed by atoms with Gasteiger partial charge >= 0.3 is 0 Å². The van der Waals surface area contributed by atoms with Crippen molar-refractivity contribution in [1.29, 1.82) is 0 Å². The molecule has 0 spiro atoms. The molecule has 0 saturated carbocycles. The first kappa shape index (κ1) is 18.2. The molecule has 1 aromatic rings. The van der Waals surface area contributed by atoms with Crippen LogP contribution in [0.5, 0.6) is 0 Å². The van der Waals surface area contributed by atoms with Crippen LogP contribution < -0.4 is 10.6 Å². The fourth-order valence-electron chi connectivity index (χ4n) is 2.95. The number of nitrogens with zero attached hydrogens (tertiary/aromatic N) is 3. The summed E-state index contributed by atoms with van der Waals surface area (Å²) in [6.07, 6.45) is 6.74. The van der Waals surface area contributed by atoms with Crippen LogP contribution in [-0.2, 0) is 6.42 Å². The highest BCUT2D eigenvalue weighted by atomic mass is 32.1. The van der Waals surface area contributed by atoms with Crippen molar-refractivity contribution in [3.05, 3.63) is 16.1 Å². The number of hydrogen-bond acceptors (Lipinski definition) is 4. The Morgan fingerprint density at radius 1 is 1.35 bits per heavy atom. The Kier molecular flexibility index (Phi) is 7.82.